The van der Waals surface area contributed by atoms with Crippen molar-refractivity contribution >= 4 is 23.5 Å². The molecule has 2 aliphatic rings. The van der Waals surface area contributed by atoms with Gasteiger partial charge in [0.15, 0.2) is 6.29 Å². The summed E-state index contributed by atoms with van der Waals surface area (Å²) in [4.78, 5) is 30.9. The minimum atomic E-state index is -1.79. The van der Waals surface area contributed by atoms with Gasteiger partial charge in [0.05, 0.1) is 41.1 Å². The van der Waals surface area contributed by atoms with Gasteiger partial charge in [-0.25, -0.2) is 0 Å². The first-order chi connectivity index (χ1) is 25.5. The molecule has 3 heterocycles. The lowest BCUT2D eigenvalue weighted by molar-refractivity contribution is -0.300. The molecule has 1 aromatic rings. The Kier molecular flexibility index (Phi) is 17.0. The lowest BCUT2D eigenvalue weighted by atomic mass is 9.77. The molecule has 2 fully saturated rings. The highest BCUT2D eigenvalue weighted by atomic mass is 35.5. The van der Waals surface area contributed by atoms with Gasteiger partial charge in [0.2, 0.25) is 0 Å². The summed E-state index contributed by atoms with van der Waals surface area (Å²) in [5.74, 6) is -2.80. The van der Waals surface area contributed by atoms with Crippen molar-refractivity contribution < 1.29 is 49.0 Å². The molecule has 0 radical (unpaired) electrons. The summed E-state index contributed by atoms with van der Waals surface area (Å²) < 4.78 is 26.8. The van der Waals surface area contributed by atoms with Gasteiger partial charge in [0, 0.05) is 44.7 Å². The molecule has 1 amide bonds. The molecule has 5 N–H and O–H groups in total. The number of cyclic esters (lactones) is 1. The monoisotopic (exact) mass is 803 g/mol. The van der Waals surface area contributed by atoms with Gasteiger partial charge >= 0.3 is 5.97 Å². The molecule has 0 aliphatic carbocycles. The van der Waals surface area contributed by atoms with Crippen LogP contribution in [0, 0.1) is 24.7 Å². The van der Waals surface area contributed by atoms with E-state index >= 15 is 0 Å². The Morgan fingerprint density at radius 2 is 1.76 bits per heavy atom. The minimum absolute atomic E-state index is 0.107. The van der Waals surface area contributed by atoms with Gasteiger partial charge in [-0.1, -0.05) is 32.4 Å². The minimum Gasteiger partial charge on any atom is -0.459 e. The van der Waals surface area contributed by atoms with E-state index in [4.69, 9.17) is 30.5 Å². The first-order valence-electron chi connectivity index (χ1n) is 19.7. The quantitative estimate of drug-likeness (QED) is 0.172. The van der Waals surface area contributed by atoms with Crippen LogP contribution in [0.25, 0.3) is 0 Å². The number of carbonyl (C=O) groups excluding carboxylic acids is 2. The molecule has 16 heteroatoms. The number of nitrogens with one attached hydrogen (secondary N) is 1. The smallest absolute Gasteiger partial charge is 0.311 e. The Hall–Kier alpha value is -1.92. The normalized spacial score (nSPS) is 39.0. The van der Waals surface area contributed by atoms with Crippen LogP contribution in [-0.4, -0.2) is 159 Å². The van der Waals surface area contributed by atoms with Gasteiger partial charge in [-0.3, -0.25) is 14.3 Å². The Balaban J connectivity index is 2.01. The van der Waals surface area contributed by atoms with Crippen LogP contribution in [0.5, 0.6) is 0 Å². The van der Waals surface area contributed by atoms with Gasteiger partial charge in [0.25, 0.3) is 5.91 Å². The number of nitrogens with zero attached hydrogens (tertiary/aromatic N) is 4. The number of hydrogen-bond donors (Lipinski definition) is 5. The highest BCUT2D eigenvalue weighted by molar-refractivity contribution is 6.33. The summed E-state index contributed by atoms with van der Waals surface area (Å²) in [6, 6.07) is -0.800. The van der Waals surface area contributed by atoms with Crippen LogP contribution in [-0.2, 0) is 30.8 Å². The predicted octanol–water partition coefficient (Wildman–Crippen LogP) is 2.52. The first kappa shape index (κ1) is 47.5. The van der Waals surface area contributed by atoms with Crippen LogP contribution < -0.4 is 5.32 Å². The fourth-order valence-corrected chi connectivity index (χ4v) is 8.75. The van der Waals surface area contributed by atoms with E-state index in [1.807, 2.05) is 51.7 Å². The van der Waals surface area contributed by atoms with Crippen molar-refractivity contribution in [1.82, 2.24) is 24.9 Å². The number of aliphatic hydroxyl groups excluding tert-OH is 2. The summed E-state index contributed by atoms with van der Waals surface area (Å²) in [6.07, 6.45) is -5.20. The summed E-state index contributed by atoms with van der Waals surface area (Å²) in [6.45, 7) is 16.6. The van der Waals surface area contributed by atoms with Crippen molar-refractivity contribution in [2.45, 2.75) is 154 Å². The number of amides is 1. The lowest BCUT2D eigenvalue weighted by Crippen LogP contribution is -2.59. The van der Waals surface area contributed by atoms with Crippen molar-refractivity contribution in [1.29, 1.82) is 0 Å². The number of esters is 1. The van der Waals surface area contributed by atoms with Crippen molar-refractivity contribution in [2.24, 2.45) is 24.8 Å². The number of likely N-dealkylation sites (N-methyl/N-ethyl adjacent to an activating group) is 2. The predicted molar refractivity (Wildman–Crippen MR) is 209 cm³/mol. The van der Waals surface area contributed by atoms with Crippen molar-refractivity contribution in [3.05, 3.63) is 16.4 Å². The molecule has 2 aliphatic heterocycles. The second kappa shape index (κ2) is 19.7. The average Bonchev–Trinajstić information content (AvgIpc) is 3.35. The largest absolute Gasteiger partial charge is 0.459 e. The summed E-state index contributed by atoms with van der Waals surface area (Å²) in [5, 5.41) is 54.4. The Bertz CT molecular complexity index is 1410. The van der Waals surface area contributed by atoms with E-state index in [0.717, 1.165) is 0 Å². The van der Waals surface area contributed by atoms with E-state index in [9.17, 15) is 30.0 Å². The Morgan fingerprint density at radius 3 is 2.33 bits per heavy atom. The van der Waals surface area contributed by atoms with Gasteiger partial charge in [0.1, 0.15) is 29.1 Å². The van der Waals surface area contributed by atoms with Crippen LogP contribution in [0.3, 0.4) is 0 Å². The first-order valence-corrected chi connectivity index (χ1v) is 20.1. The molecule has 0 saturated carbocycles. The highest BCUT2D eigenvalue weighted by Gasteiger charge is 2.50. The molecular formula is C39H70ClN5O10. The van der Waals surface area contributed by atoms with Crippen LogP contribution >= 0.6 is 11.6 Å². The zero-order valence-corrected chi connectivity index (χ0v) is 36.0. The fourth-order valence-electron chi connectivity index (χ4n) is 8.49. The molecule has 1 aromatic heterocycles. The van der Waals surface area contributed by atoms with Gasteiger partial charge in [-0.05, 0) is 94.3 Å². The van der Waals surface area contributed by atoms with E-state index < -0.39 is 71.9 Å². The van der Waals surface area contributed by atoms with E-state index in [1.165, 1.54) is 11.6 Å². The summed E-state index contributed by atoms with van der Waals surface area (Å²) >= 11 is 6.30. The molecule has 55 heavy (non-hydrogen) atoms. The zero-order chi connectivity index (χ0) is 41.7. The Morgan fingerprint density at radius 1 is 1.13 bits per heavy atom. The number of halogens is 1. The number of rotatable bonds is 10. The van der Waals surface area contributed by atoms with E-state index in [2.05, 4.69) is 10.4 Å². The van der Waals surface area contributed by atoms with Crippen molar-refractivity contribution in [2.75, 3.05) is 40.8 Å². The number of aryl methyl sites for hydroxylation is 2. The summed E-state index contributed by atoms with van der Waals surface area (Å²) in [5.41, 5.74) is -2.53. The maximum atomic E-state index is 14.1. The molecular weight excluding hydrogens is 734 g/mol. The summed E-state index contributed by atoms with van der Waals surface area (Å²) in [7, 11) is 7.26. The maximum absolute atomic E-state index is 14.1. The average molecular weight is 804 g/mol. The fraction of sp³-hybridized carbons (Fsp3) is 0.872. The standard InChI is InChI=1S/C39H70ClN5O10/c1-14-28-39(9,51)32(47)26(7)44(12)20-21(2)19-38(8,50)33(55-37-30(46)27(43(10)11)18-22(3)53-37)23(4)31(24(5)36(49)54-28)52-17-15-16-41-35(48)29-25(6)42-45(13)34(29)40/h21-24,26-28,30-33,37,46-47,50-51H,14-20H2,1-13H3,(H,41,48)/t21-,22-,23+,24-,26-,27+,28-,30-,31+,32-,33-,37+,38-,39-/m1/s1. The number of ether oxygens (including phenoxy) is 4. The number of carbonyl (C=O) groups is 2. The molecule has 14 atom stereocenters. The van der Waals surface area contributed by atoms with Crippen LogP contribution in [0.4, 0.5) is 0 Å². The Labute approximate surface area is 332 Å². The molecule has 318 valence electrons. The van der Waals surface area contributed by atoms with Crippen molar-refractivity contribution in [3.8, 4) is 0 Å². The van der Waals surface area contributed by atoms with Crippen LogP contribution in [0.1, 0.15) is 97.1 Å². The molecule has 0 spiro atoms. The van der Waals surface area contributed by atoms with Crippen molar-refractivity contribution in [3.63, 3.8) is 0 Å². The molecule has 3 rings (SSSR count). The lowest BCUT2D eigenvalue weighted by Gasteiger charge is -2.47. The second-order valence-electron chi connectivity index (χ2n) is 16.9. The van der Waals surface area contributed by atoms with Gasteiger partial charge in [-0.15, -0.1) is 0 Å². The molecule has 0 aromatic carbocycles. The van der Waals surface area contributed by atoms with Gasteiger partial charge < -0.3 is 54.5 Å². The number of aromatic nitrogens is 2. The SMILES string of the molecule is CC[C@H]1OC(=O)[C@H](C)[C@@H](OCCCNC(=O)c2c(C)nn(C)c2Cl)[C@H](C)[C@@H](O[C@@H]2O[C@H](C)C[C@H](N(C)C)[C@H]2O)[C@](C)(O)C[C@@H](C)CN(C)[C@H](C)[C@@H](O)[C@]1(C)O. The number of hydrogen-bond acceptors (Lipinski definition) is 13. The topological polar surface area (TPSA) is 188 Å². The highest BCUT2D eigenvalue weighted by Crippen LogP contribution is 2.37. The maximum Gasteiger partial charge on any atom is 0.311 e. The second-order valence-corrected chi connectivity index (χ2v) is 17.3. The van der Waals surface area contributed by atoms with E-state index in [1.54, 1.807) is 41.7 Å². The molecule has 0 bridgehead atoms. The zero-order valence-electron chi connectivity index (χ0n) is 35.3. The third kappa shape index (κ3) is 11.4. The van der Waals surface area contributed by atoms with Gasteiger partial charge in [-0.2, -0.15) is 5.10 Å². The van der Waals surface area contributed by atoms with E-state index in [0.29, 0.717) is 30.6 Å². The van der Waals surface area contributed by atoms with Crippen LogP contribution in [0.15, 0.2) is 0 Å². The number of aliphatic hydroxyl groups is 4. The third-order valence-corrected chi connectivity index (χ3v) is 12.2. The molecule has 0 unspecified atom stereocenters. The van der Waals surface area contributed by atoms with Crippen LogP contribution in [0.2, 0.25) is 5.15 Å². The third-order valence-electron chi connectivity index (χ3n) is 11.7. The molecule has 15 nitrogen and oxygen atoms in total. The van der Waals surface area contributed by atoms with E-state index in [-0.39, 0.29) is 55.1 Å². The molecule has 2 saturated heterocycles.